The number of rotatable bonds is 4. The standard InChI is InChI=1S/C15H18N2O2/c1-10-6-4-5-7-12(10)15-11(2)17(3)16-13(15)8-9-14(18)19/h4-7H,8-9H2,1-3H3,(H,18,19). The van der Waals surface area contributed by atoms with E-state index in [9.17, 15) is 4.79 Å². The van der Waals surface area contributed by atoms with Crippen molar-refractivity contribution in [2.75, 3.05) is 0 Å². The van der Waals surface area contributed by atoms with Crippen LogP contribution in [0, 0.1) is 13.8 Å². The summed E-state index contributed by atoms with van der Waals surface area (Å²) in [4.78, 5) is 10.7. The van der Waals surface area contributed by atoms with Gasteiger partial charge in [0, 0.05) is 24.7 Å². The summed E-state index contributed by atoms with van der Waals surface area (Å²) in [6, 6.07) is 8.11. The van der Waals surface area contributed by atoms with Crippen LogP contribution in [0.4, 0.5) is 0 Å². The maximum atomic E-state index is 10.7. The molecule has 1 aromatic heterocycles. The zero-order valence-corrected chi connectivity index (χ0v) is 11.5. The predicted molar refractivity (Wildman–Crippen MR) is 74.1 cm³/mol. The monoisotopic (exact) mass is 258 g/mol. The van der Waals surface area contributed by atoms with Gasteiger partial charge in [-0.15, -0.1) is 0 Å². The Morgan fingerprint density at radius 1 is 1.32 bits per heavy atom. The highest BCUT2D eigenvalue weighted by atomic mass is 16.4. The SMILES string of the molecule is Cc1ccccc1-c1c(CCC(=O)O)nn(C)c1C. The average molecular weight is 258 g/mol. The van der Waals surface area contributed by atoms with Crippen molar-refractivity contribution in [3.63, 3.8) is 0 Å². The van der Waals surface area contributed by atoms with Gasteiger partial charge in [-0.25, -0.2) is 0 Å². The molecule has 0 bridgehead atoms. The van der Waals surface area contributed by atoms with Gasteiger partial charge < -0.3 is 5.11 Å². The van der Waals surface area contributed by atoms with Crippen molar-refractivity contribution in [2.24, 2.45) is 7.05 Å². The normalized spacial score (nSPS) is 10.7. The molecular formula is C15H18N2O2. The van der Waals surface area contributed by atoms with Crippen LogP contribution in [0.2, 0.25) is 0 Å². The van der Waals surface area contributed by atoms with Gasteiger partial charge in [0.05, 0.1) is 12.1 Å². The molecule has 0 aliphatic carbocycles. The highest BCUT2D eigenvalue weighted by Crippen LogP contribution is 2.30. The molecule has 0 fully saturated rings. The van der Waals surface area contributed by atoms with Crippen molar-refractivity contribution < 1.29 is 9.90 Å². The van der Waals surface area contributed by atoms with Gasteiger partial charge in [-0.1, -0.05) is 24.3 Å². The molecular weight excluding hydrogens is 240 g/mol. The number of hydrogen-bond acceptors (Lipinski definition) is 2. The fraction of sp³-hybridized carbons (Fsp3) is 0.333. The van der Waals surface area contributed by atoms with Crippen LogP contribution in [0.25, 0.3) is 11.1 Å². The van der Waals surface area contributed by atoms with Crippen molar-refractivity contribution in [1.29, 1.82) is 0 Å². The molecule has 2 aromatic rings. The van der Waals surface area contributed by atoms with Gasteiger partial charge in [0.15, 0.2) is 0 Å². The first-order valence-electron chi connectivity index (χ1n) is 6.31. The third-order valence-corrected chi connectivity index (χ3v) is 3.40. The zero-order chi connectivity index (χ0) is 14.0. The number of aromatic nitrogens is 2. The second-order valence-corrected chi connectivity index (χ2v) is 4.74. The van der Waals surface area contributed by atoms with E-state index in [1.165, 1.54) is 5.56 Å². The summed E-state index contributed by atoms with van der Waals surface area (Å²) in [5.41, 5.74) is 5.30. The van der Waals surface area contributed by atoms with E-state index in [1.54, 1.807) is 0 Å². The largest absolute Gasteiger partial charge is 0.481 e. The topological polar surface area (TPSA) is 55.1 Å². The highest BCUT2D eigenvalue weighted by molar-refractivity contribution is 5.73. The van der Waals surface area contributed by atoms with Crippen molar-refractivity contribution in [3.8, 4) is 11.1 Å². The number of carboxylic acids is 1. The fourth-order valence-corrected chi connectivity index (χ4v) is 2.28. The molecule has 0 saturated heterocycles. The summed E-state index contributed by atoms with van der Waals surface area (Å²) in [5.74, 6) is -0.793. The average Bonchev–Trinajstić information content (AvgIpc) is 2.64. The van der Waals surface area contributed by atoms with E-state index in [4.69, 9.17) is 5.11 Å². The number of nitrogens with zero attached hydrogens (tertiary/aromatic N) is 2. The molecule has 1 N–H and O–H groups in total. The molecule has 0 atom stereocenters. The second kappa shape index (κ2) is 5.26. The van der Waals surface area contributed by atoms with E-state index in [0.29, 0.717) is 6.42 Å². The molecule has 1 aromatic carbocycles. The molecule has 0 aliphatic heterocycles. The van der Waals surface area contributed by atoms with Gasteiger partial charge in [0.2, 0.25) is 0 Å². The first-order chi connectivity index (χ1) is 9.00. The Kier molecular flexibility index (Phi) is 3.69. The summed E-state index contributed by atoms with van der Waals surface area (Å²) >= 11 is 0. The number of carbonyl (C=O) groups is 1. The van der Waals surface area contributed by atoms with Crippen LogP contribution in [0.15, 0.2) is 24.3 Å². The van der Waals surface area contributed by atoms with Crippen LogP contribution >= 0.6 is 0 Å². The summed E-state index contributed by atoms with van der Waals surface area (Å²) in [7, 11) is 1.89. The molecule has 1 heterocycles. The highest BCUT2D eigenvalue weighted by Gasteiger charge is 2.16. The Morgan fingerprint density at radius 3 is 2.63 bits per heavy atom. The lowest BCUT2D eigenvalue weighted by Crippen LogP contribution is -2.00. The maximum Gasteiger partial charge on any atom is 0.303 e. The minimum absolute atomic E-state index is 0.106. The third-order valence-electron chi connectivity index (χ3n) is 3.40. The molecule has 0 unspecified atom stereocenters. The molecule has 0 saturated carbocycles. The smallest absolute Gasteiger partial charge is 0.303 e. The molecule has 0 radical (unpaired) electrons. The van der Waals surface area contributed by atoms with E-state index in [0.717, 1.165) is 22.5 Å². The second-order valence-electron chi connectivity index (χ2n) is 4.74. The Morgan fingerprint density at radius 2 is 2.00 bits per heavy atom. The molecule has 100 valence electrons. The molecule has 4 heteroatoms. The molecule has 19 heavy (non-hydrogen) atoms. The fourth-order valence-electron chi connectivity index (χ4n) is 2.28. The Labute approximate surface area is 112 Å². The van der Waals surface area contributed by atoms with Gasteiger partial charge in [-0.3, -0.25) is 9.48 Å². The third kappa shape index (κ3) is 2.67. The van der Waals surface area contributed by atoms with E-state index >= 15 is 0 Å². The Balaban J connectivity index is 2.49. The number of hydrogen-bond donors (Lipinski definition) is 1. The van der Waals surface area contributed by atoms with Crippen molar-refractivity contribution in [3.05, 3.63) is 41.2 Å². The van der Waals surface area contributed by atoms with E-state index in [2.05, 4.69) is 24.2 Å². The van der Waals surface area contributed by atoms with Gasteiger partial charge in [0.25, 0.3) is 0 Å². The molecule has 0 spiro atoms. The van der Waals surface area contributed by atoms with Gasteiger partial charge >= 0.3 is 5.97 Å². The van der Waals surface area contributed by atoms with Gasteiger partial charge in [-0.05, 0) is 25.0 Å². The number of aliphatic carboxylic acids is 1. The summed E-state index contributed by atoms with van der Waals surface area (Å²) in [6.45, 7) is 4.07. The lowest BCUT2D eigenvalue weighted by atomic mass is 9.97. The zero-order valence-electron chi connectivity index (χ0n) is 11.5. The van der Waals surface area contributed by atoms with Gasteiger partial charge in [-0.2, -0.15) is 5.10 Å². The number of aryl methyl sites for hydroxylation is 3. The van der Waals surface area contributed by atoms with Crippen LogP contribution in [-0.2, 0) is 18.3 Å². The Bertz CT molecular complexity index is 615. The predicted octanol–water partition coefficient (Wildman–Crippen LogP) is 2.72. The minimum atomic E-state index is -0.793. The maximum absolute atomic E-state index is 10.7. The quantitative estimate of drug-likeness (QED) is 0.917. The Hall–Kier alpha value is -2.10. The first kappa shape index (κ1) is 13.3. The number of carboxylic acid groups (broad SMARTS) is 1. The minimum Gasteiger partial charge on any atom is -0.481 e. The van der Waals surface area contributed by atoms with Crippen LogP contribution in [0.3, 0.4) is 0 Å². The van der Waals surface area contributed by atoms with Crippen molar-refractivity contribution in [1.82, 2.24) is 9.78 Å². The van der Waals surface area contributed by atoms with E-state index in [-0.39, 0.29) is 6.42 Å². The molecule has 2 rings (SSSR count). The van der Waals surface area contributed by atoms with Gasteiger partial charge in [0.1, 0.15) is 0 Å². The van der Waals surface area contributed by atoms with Crippen LogP contribution in [0.5, 0.6) is 0 Å². The molecule has 0 amide bonds. The summed E-state index contributed by atoms with van der Waals surface area (Å²) < 4.78 is 1.82. The van der Waals surface area contributed by atoms with Crippen molar-refractivity contribution >= 4 is 5.97 Å². The lowest BCUT2D eigenvalue weighted by Gasteiger charge is -2.07. The van der Waals surface area contributed by atoms with E-state index < -0.39 is 5.97 Å². The first-order valence-corrected chi connectivity index (χ1v) is 6.31. The summed E-state index contributed by atoms with van der Waals surface area (Å²) in [6.07, 6.45) is 0.565. The van der Waals surface area contributed by atoms with Crippen LogP contribution < -0.4 is 0 Å². The lowest BCUT2D eigenvalue weighted by molar-refractivity contribution is -0.136. The van der Waals surface area contributed by atoms with Crippen molar-refractivity contribution in [2.45, 2.75) is 26.7 Å². The summed E-state index contributed by atoms with van der Waals surface area (Å²) in [5, 5.41) is 13.3. The van der Waals surface area contributed by atoms with E-state index in [1.807, 2.05) is 30.8 Å². The molecule has 0 aliphatic rings. The van der Waals surface area contributed by atoms with Crippen LogP contribution in [-0.4, -0.2) is 20.9 Å². The van der Waals surface area contributed by atoms with Crippen LogP contribution in [0.1, 0.15) is 23.4 Å². The molecule has 4 nitrogen and oxygen atoms in total. The number of benzene rings is 1.